The predicted octanol–water partition coefficient (Wildman–Crippen LogP) is 3.26. The van der Waals surface area contributed by atoms with Crippen molar-refractivity contribution in [3.8, 4) is 0 Å². The first-order valence-corrected chi connectivity index (χ1v) is 7.43. The molecule has 1 aromatic carbocycles. The molecule has 1 aromatic rings. The van der Waals surface area contributed by atoms with Crippen molar-refractivity contribution in [2.24, 2.45) is 0 Å². The van der Waals surface area contributed by atoms with Gasteiger partial charge < -0.3 is 9.29 Å². The highest BCUT2D eigenvalue weighted by Crippen LogP contribution is 2.39. The van der Waals surface area contributed by atoms with Gasteiger partial charge in [-0.2, -0.15) is 17.6 Å². The molecule has 1 atom stereocenters. The molecule has 23 heavy (non-hydrogen) atoms. The van der Waals surface area contributed by atoms with Crippen LogP contribution in [0.4, 0.5) is 22.0 Å². The standard InChI is InChI=1S/C13H13F5O4S/c14-10-5-3-4-9(8-10)11(19)22-7-2-1-6-12(15,16)13(17,18)23(20)21/h3-5,8H,1-2,6-7H2,(H,20,21)/p-1. The van der Waals surface area contributed by atoms with Gasteiger partial charge in [-0.05, 0) is 31.0 Å². The van der Waals surface area contributed by atoms with Gasteiger partial charge >= 0.3 is 17.1 Å². The second kappa shape index (κ2) is 7.82. The van der Waals surface area contributed by atoms with E-state index in [1.807, 2.05) is 0 Å². The van der Waals surface area contributed by atoms with E-state index in [9.17, 15) is 35.5 Å². The minimum Gasteiger partial charge on any atom is -0.768 e. The predicted molar refractivity (Wildman–Crippen MR) is 69.3 cm³/mol. The van der Waals surface area contributed by atoms with E-state index >= 15 is 0 Å². The van der Waals surface area contributed by atoms with Crippen LogP contribution in [0.2, 0.25) is 0 Å². The Morgan fingerprint density at radius 1 is 1.22 bits per heavy atom. The molecule has 1 unspecified atom stereocenters. The Morgan fingerprint density at radius 3 is 2.43 bits per heavy atom. The summed E-state index contributed by atoms with van der Waals surface area (Å²) in [5, 5.41) is -5.16. The summed E-state index contributed by atoms with van der Waals surface area (Å²) in [6.07, 6.45) is -2.06. The maximum absolute atomic E-state index is 13.1. The van der Waals surface area contributed by atoms with Crippen molar-refractivity contribution in [2.75, 3.05) is 6.61 Å². The number of unbranched alkanes of at least 4 members (excludes halogenated alkanes) is 1. The number of hydrogen-bond acceptors (Lipinski definition) is 4. The summed E-state index contributed by atoms with van der Waals surface area (Å²) in [7, 11) is 0. The van der Waals surface area contributed by atoms with E-state index in [-0.39, 0.29) is 18.6 Å². The maximum Gasteiger partial charge on any atom is 0.371 e. The van der Waals surface area contributed by atoms with Crippen LogP contribution in [0.5, 0.6) is 0 Å². The number of esters is 1. The topological polar surface area (TPSA) is 66.4 Å². The summed E-state index contributed by atoms with van der Waals surface area (Å²) in [6.45, 7) is -0.350. The largest absolute Gasteiger partial charge is 0.768 e. The van der Waals surface area contributed by atoms with E-state index in [4.69, 9.17) is 0 Å². The van der Waals surface area contributed by atoms with Crippen LogP contribution in [-0.2, 0) is 15.8 Å². The smallest absolute Gasteiger partial charge is 0.371 e. The number of carbonyl (C=O) groups excluding carboxylic acids is 1. The quantitative estimate of drug-likeness (QED) is 0.309. The second-order valence-corrected chi connectivity index (χ2v) is 5.54. The molecule has 0 N–H and O–H groups in total. The molecule has 0 saturated heterocycles. The highest BCUT2D eigenvalue weighted by atomic mass is 32.2. The van der Waals surface area contributed by atoms with E-state index in [1.165, 1.54) is 12.1 Å². The molecule has 0 saturated carbocycles. The van der Waals surface area contributed by atoms with Gasteiger partial charge in [0.1, 0.15) is 5.82 Å². The Bertz CT molecular complexity index is 579. The van der Waals surface area contributed by atoms with E-state index in [2.05, 4.69) is 4.74 Å². The van der Waals surface area contributed by atoms with Crippen molar-refractivity contribution in [3.05, 3.63) is 35.6 Å². The fourth-order valence-corrected chi connectivity index (χ4v) is 1.93. The average Bonchev–Trinajstić information content (AvgIpc) is 2.46. The molecule has 0 aliphatic rings. The molecule has 0 aromatic heterocycles. The van der Waals surface area contributed by atoms with Crippen LogP contribution in [0, 0.1) is 5.82 Å². The lowest BCUT2D eigenvalue weighted by Gasteiger charge is -2.27. The molecule has 0 fully saturated rings. The van der Waals surface area contributed by atoms with Gasteiger partial charge in [-0.15, -0.1) is 0 Å². The van der Waals surface area contributed by atoms with Gasteiger partial charge in [-0.1, -0.05) is 6.07 Å². The Hall–Kier alpha value is -1.55. The van der Waals surface area contributed by atoms with Gasteiger partial charge in [0.15, 0.2) is 0 Å². The lowest BCUT2D eigenvalue weighted by molar-refractivity contribution is -0.162. The summed E-state index contributed by atoms with van der Waals surface area (Å²) in [5.74, 6) is -6.26. The fraction of sp³-hybridized carbons (Fsp3) is 0.462. The molecular weight excluding hydrogens is 347 g/mol. The zero-order chi connectivity index (χ0) is 17.7. The number of carbonyl (C=O) groups is 1. The molecule has 0 aliphatic carbocycles. The van der Waals surface area contributed by atoms with Crippen LogP contribution in [0.15, 0.2) is 24.3 Å². The van der Waals surface area contributed by atoms with Crippen LogP contribution in [0.1, 0.15) is 29.6 Å². The van der Waals surface area contributed by atoms with Gasteiger partial charge in [0, 0.05) is 17.5 Å². The van der Waals surface area contributed by atoms with Crippen molar-refractivity contribution >= 4 is 17.0 Å². The molecule has 1 rings (SSSR count). The van der Waals surface area contributed by atoms with Crippen molar-refractivity contribution in [1.29, 1.82) is 0 Å². The highest BCUT2D eigenvalue weighted by Gasteiger charge is 2.56. The molecule has 0 amide bonds. The third-order valence-corrected chi connectivity index (χ3v) is 3.53. The minimum atomic E-state index is -5.16. The highest BCUT2D eigenvalue weighted by molar-refractivity contribution is 7.80. The summed E-state index contributed by atoms with van der Waals surface area (Å²) in [4.78, 5) is 11.5. The first-order chi connectivity index (χ1) is 10.6. The SMILES string of the molecule is O=C(OCCCCC(F)(F)C(F)(F)S(=O)[O-])c1cccc(F)c1. The minimum absolute atomic E-state index is 0.0800. The van der Waals surface area contributed by atoms with E-state index < -0.39 is 46.9 Å². The van der Waals surface area contributed by atoms with Gasteiger partial charge in [0.2, 0.25) is 0 Å². The molecule has 0 radical (unpaired) electrons. The number of ether oxygens (including phenoxy) is 1. The first kappa shape index (κ1) is 19.5. The number of alkyl halides is 4. The van der Waals surface area contributed by atoms with Gasteiger partial charge in [-0.25, -0.2) is 9.18 Å². The lowest BCUT2D eigenvalue weighted by Crippen LogP contribution is -2.43. The average molecular weight is 359 g/mol. The lowest BCUT2D eigenvalue weighted by atomic mass is 10.1. The monoisotopic (exact) mass is 359 g/mol. The number of hydrogen-bond donors (Lipinski definition) is 0. The summed E-state index contributed by atoms with van der Waals surface area (Å²) in [5.41, 5.74) is -0.0800. The van der Waals surface area contributed by atoms with Crippen LogP contribution in [0.25, 0.3) is 0 Å². The van der Waals surface area contributed by atoms with Crippen LogP contribution >= 0.6 is 0 Å². The third kappa shape index (κ3) is 5.24. The Labute approximate surface area is 130 Å². The molecule has 0 spiro atoms. The second-order valence-electron chi connectivity index (χ2n) is 4.56. The number of rotatable bonds is 8. The molecule has 0 bridgehead atoms. The van der Waals surface area contributed by atoms with Gasteiger partial charge in [0.05, 0.1) is 12.2 Å². The zero-order valence-electron chi connectivity index (χ0n) is 11.6. The number of benzene rings is 1. The van der Waals surface area contributed by atoms with Crippen LogP contribution < -0.4 is 0 Å². The molecule has 4 nitrogen and oxygen atoms in total. The van der Waals surface area contributed by atoms with Crippen molar-refractivity contribution in [3.63, 3.8) is 0 Å². The normalized spacial score (nSPS) is 13.7. The van der Waals surface area contributed by atoms with E-state index in [0.717, 1.165) is 12.1 Å². The zero-order valence-corrected chi connectivity index (χ0v) is 12.4. The Kier molecular flexibility index (Phi) is 6.63. The summed E-state index contributed by atoms with van der Waals surface area (Å²) < 4.78 is 89.3. The van der Waals surface area contributed by atoms with E-state index in [0.29, 0.717) is 0 Å². The molecule has 0 heterocycles. The van der Waals surface area contributed by atoms with Crippen molar-refractivity contribution < 1.29 is 40.2 Å². The first-order valence-electron chi connectivity index (χ1n) is 6.35. The Morgan fingerprint density at radius 2 is 1.87 bits per heavy atom. The van der Waals surface area contributed by atoms with Crippen molar-refractivity contribution in [1.82, 2.24) is 0 Å². The molecule has 130 valence electrons. The summed E-state index contributed by atoms with van der Waals surface area (Å²) in [6, 6.07) is 4.58. The van der Waals surface area contributed by atoms with Crippen LogP contribution in [-0.4, -0.2) is 32.5 Å². The fourth-order valence-electron chi connectivity index (χ4n) is 1.58. The molecule has 0 aliphatic heterocycles. The molecular formula is C13H12F5O4S-. The van der Waals surface area contributed by atoms with Gasteiger partial charge in [0.25, 0.3) is 0 Å². The number of halogens is 5. The van der Waals surface area contributed by atoms with Crippen LogP contribution in [0.3, 0.4) is 0 Å². The third-order valence-electron chi connectivity index (χ3n) is 2.81. The van der Waals surface area contributed by atoms with E-state index in [1.54, 1.807) is 0 Å². The van der Waals surface area contributed by atoms with Crippen molar-refractivity contribution in [2.45, 2.75) is 30.4 Å². The summed E-state index contributed by atoms with van der Waals surface area (Å²) >= 11 is -4.24. The molecule has 10 heteroatoms. The Balaban J connectivity index is 2.38. The maximum atomic E-state index is 13.1. The van der Waals surface area contributed by atoms with Gasteiger partial charge in [-0.3, -0.25) is 4.21 Å².